The van der Waals surface area contributed by atoms with Gasteiger partial charge < -0.3 is 5.11 Å². The summed E-state index contributed by atoms with van der Waals surface area (Å²) in [5.74, 6) is 0.694. The quantitative estimate of drug-likeness (QED) is 0.838. The van der Waals surface area contributed by atoms with Crippen LogP contribution in [0.2, 0.25) is 0 Å². The molecule has 1 unspecified atom stereocenters. The van der Waals surface area contributed by atoms with E-state index in [1.807, 2.05) is 18.2 Å². The number of pyridine rings is 1. The van der Waals surface area contributed by atoms with E-state index in [4.69, 9.17) is 0 Å². The van der Waals surface area contributed by atoms with Gasteiger partial charge in [-0.15, -0.1) is 11.8 Å². The second kappa shape index (κ2) is 6.57. The predicted octanol–water partition coefficient (Wildman–Crippen LogP) is 3.09. The van der Waals surface area contributed by atoms with Gasteiger partial charge in [0.2, 0.25) is 0 Å². The van der Waals surface area contributed by atoms with Crippen molar-refractivity contribution < 1.29 is 5.11 Å². The number of thioether (sulfide) groups is 1. The highest BCUT2D eigenvalue weighted by Crippen LogP contribution is 2.19. The largest absolute Gasteiger partial charge is 0.392 e. The lowest BCUT2D eigenvalue weighted by Crippen LogP contribution is -2.14. The van der Waals surface area contributed by atoms with Crippen LogP contribution in [0.1, 0.15) is 11.3 Å². The van der Waals surface area contributed by atoms with Crippen molar-refractivity contribution >= 4 is 11.8 Å². The van der Waals surface area contributed by atoms with Gasteiger partial charge in [-0.2, -0.15) is 0 Å². The Morgan fingerprint density at radius 3 is 2.61 bits per heavy atom. The maximum atomic E-state index is 9.96. The molecule has 0 saturated carbocycles. The van der Waals surface area contributed by atoms with Crippen LogP contribution in [-0.4, -0.2) is 21.9 Å². The molecule has 94 valence electrons. The molecule has 18 heavy (non-hydrogen) atoms. The molecule has 0 aliphatic rings. The van der Waals surface area contributed by atoms with Crippen LogP contribution < -0.4 is 0 Å². The minimum Gasteiger partial charge on any atom is -0.392 e. The molecule has 0 fully saturated rings. The first-order valence-electron chi connectivity index (χ1n) is 6.01. The van der Waals surface area contributed by atoms with Crippen LogP contribution in [-0.2, 0) is 6.42 Å². The van der Waals surface area contributed by atoms with Crippen molar-refractivity contribution in [2.75, 3.05) is 5.75 Å². The van der Waals surface area contributed by atoms with E-state index in [1.165, 1.54) is 10.5 Å². The summed E-state index contributed by atoms with van der Waals surface area (Å²) in [5, 5.41) is 9.96. The Kier molecular flexibility index (Phi) is 4.79. The van der Waals surface area contributed by atoms with Crippen molar-refractivity contribution in [3.8, 4) is 0 Å². The normalized spacial score (nSPS) is 12.3. The predicted molar refractivity (Wildman–Crippen MR) is 75.9 cm³/mol. The summed E-state index contributed by atoms with van der Waals surface area (Å²) in [7, 11) is 0. The molecular weight excluding hydrogens is 242 g/mol. The van der Waals surface area contributed by atoms with Gasteiger partial charge in [-0.05, 0) is 31.2 Å². The first-order valence-corrected chi connectivity index (χ1v) is 7.00. The Hall–Kier alpha value is -1.32. The third kappa shape index (κ3) is 4.17. The first kappa shape index (κ1) is 13.1. The van der Waals surface area contributed by atoms with E-state index in [0.29, 0.717) is 12.2 Å². The van der Waals surface area contributed by atoms with Crippen molar-refractivity contribution in [1.82, 2.24) is 4.98 Å². The Labute approximate surface area is 112 Å². The number of nitrogens with zero attached hydrogens (tertiary/aromatic N) is 1. The number of aryl methyl sites for hydroxylation is 1. The molecule has 0 aliphatic heterocycles. The highest BCUT2D eigenvalue weighted by molar-refractivity contribution is 7.99. The first-order chi connectivity index (χ1) is 8.74. The number of rotatable bonds is 5. The maximum Gasteiger partial charge on any atom is 0.0689 e. The molecule has 2 nitrogen and oxygen atoms in total. The molecule has 0 spiro atoms. The second-order valence-electron chi connectivity index (χ2n) is 4.30. The van der Waals surface area contributed by atoms with Crippen molar-refractivity contribution in [2.45, 2.75) is 24.3 Å². The number of aliphatic hydroxyl groups is 1. The van der Waals surface area contributed by atoms with Crippen molar-refractivity contribution in [2.24, 2.45) is 0 Å². The molecule has 1 aromatic carbocycles. The lowest BCUT2D eigenvalue weighted by atomic mass is 10.2. The van der Waals surface area contributed by atoms with Crippen molar-refractivity contribution in [3.63, 3.8) is 0 Å². The highest BCUT2D eigenvalue weighted by atomic mass is 32.2. The van der Waals surface area contributed by atoms with E-state index in [2.05, 4.69) is 36.2 Å². The Morgan fingerprint density at radius 1 is 1.17 bits per heavy atom. The SMILES string of the molecule is Cc1ccc(SCC(O)Cc2ccccn2)cc1. The molecule has 0 radical (unpaired) electrons. The van der Waals surface area contributed by atoms with E-state index in [9.17, 15) is 5.11 Å². The zero-order valence-corrected chi connectivity index (χ0v) is 11.2. The number of hydrogen-bond acceptors (Lipinski definition) is 3. The summed E-state index contributed by atoms with van der Waals surface area (Å²) in [4.78, 5) is 5.41. The van der Waals surface area contributed by atoms with E-state index in [-0.39, 0.29) is 6.10 Å². The molecule has 2 aromatic rings. The maximum absolute atomic E-state index is 9.96. The molecular formula is C15H17NOS. The average Bonchev–Trinajstić information content (AvgIpc) is 2.39. The fourth-order valence-corrected chi connectivity index (χ4v) is 2.48. The zero-order chi connectivity index (χ0) is 12.8. The molecule has 1 aromatic heterocycles. The van der Waals surface area contributed by atoms with Crippen LogP contribution in [0, 0.1) is 6.92 Å². The van der Waals surface area contributed by atoms with E-state index >= 15 is 0 Å². The van der Waals surface area contributed by atoms with Crippen molar-refractivity contribution in [3.05, 3.63) is 59.9 Å². The minimum atomic E-state index is -0.355. The third-order valence-electron chi connectivity index (χ3n) is 2.63. The van der Waals surface area contributed by atoms with Gasteiger partial charge in [0.1, 0.15) is 0 Å². The van der Waals surface area contributed by atoms with Crippen LogP contribution in [0.5, 0.6) is 0 Å². The topological polar surface area (TPSA) is 33.1 Å². The standard InChI is InChI=1S/C15H17NOS/c1-12-5-7-15(8-6-12)18-11-14(17)10-13-4-2-3-9-16-13/h2-9,14,17H,10-11H2,1H3. The number of aliphatic hydroxyl groups excluding tert-OH is 1. The minimum absolute atomic E-state index is 0.355. The Balaban J connectivity index is 1.81. The van der Waals surface area contributed by atoms with E-state index in [0.717, 1.165) is 5.69 Å². The highest BCUT2D eigenvalue weighted by Gasteiger charge is 2.07. The number of aromatic nitrogens is 1. The van der Waals surface area contributed by atoms with Crippen molar-refractivity contribution in [1.29, 1.82) is 0 Å². The molecule has 1 atom stereocenters. The van der Waals surface area contributed by atoms with Gasteiger partial charge in [0.15, 0.2) is 0 Å². The molecule has 0 saturated heterocycles. The lowest BCUT2D eigenvalue weighted by molar-refractivity contribution is 0.199. The van der Waals surface area contributed by atoms with E-state index in [1.54, 1.807) is 18.0 Å². The summed E-state index contributed by atoms with van der Waals surface area (Å²) in [5.41, 5.74) is 2.20. The molecule has 0 aliphatic carbocycles. The van der Waals surface area contributed by atoms with Gasteiger partial charge >= 0.3 is 0 Å². The molecule has 0 bridgehead atoms. The second-order valence-corrected chi connectivity index (χ2v) is 5.40. The van der Waals surface area contributed by atoms with Gasteiger partial charge in [-0.3, -0.25) is 4.98 Å². The van der Waals surface area contributed by atoms with Crippen LogP contribution in [0.4, 0.5) is 0 Å². The van der Waals surface area contributed by atoms with Gasteiger partial charge in [-0.25, -0.2) is 0 Å². The molecule has 0 amide bonds. The van der Waals surface area contributed by atoms with Crippen LogP contribution in [0.15, 0.2) is 53.6 Å². The fraction of sp³-hybridized carbons (Fsp3) is 0.267. The van der Waals surface area contributed by atoms with Gasteiger partial charge in [-0.1, -0.05) is 23.8 Å². The molecule has 1 N–H and O–H groups in total. The number of benzene rings is 1. The van der Waals surface area contributed by atoms with Crippen LogP contribution in [0.25, 0.3) is 0 Å². The lowest BCUT2D eigenvalue weighted by Gasteiger charge is -2.09. The smallest absolute Gasteiger partial charge is 0.0689 e. The third-order valence-corrected chi connectivity index (χ3v) is 3.79. The van der Waals surface area contributed by atoms with E-state index < -0.39 is 0 Å². The van der Waals surface area contributed by atoms with Gasteiger partial charge in [0.25, 0.3) is 0 Å². The summed E-state index contributed by atoms with van der Waals surface area (Å²) in [6.07, 6.45) is 2.01. The monoisotopic (exact) mass is 259 g/mol. The zero-order valence-electron chi connectivity index (χ0n) is 10.4. The van der Waals surface area contributed by atoms with Crippen LogP contribution >= 0.6 is 11.8 Å². The summed E-state index contributed by atoms with van der Waals surface area (Å²) < 4.78 is 0. The summed E-state index contributed by atoms with van der Waals surface area (Å²) in [6.45, 7) is 2.07. The number of hydrogen-bond donors (Lipinski definition) is 1. The molecule has 3 heteroatoms. The summed E-state index contributed by atoms with van der Waals surface area (Å²) >= 11 is 1.68. The molecule has 2 rings (SSSR count). The van der Waals surface area contributed by atoms with Crippen LogP contribution in [0.3, 0.4) is 0 Å². The molecule has 1 heterocycles. The fourth-order valence-electron chi connectivity index (χ4n) is 1.65. The summed E-state index contributed by atoms with van der Waals surface area (Å²) in [6, 6.07) is 14.1. The Morgan fingerprint density at radius 2 is 1.94 bits per heavy atom. The average molecular weight is 259 g/mol. The Bertz CT molecular complexity index is 470. The van der Waals surface area contributed by atoms with Gasteiger partial charge in [0.05, 0.1) is 6.10 Å². The van der Waals surface area contributed by atoms with Gasteiger partial charge in [0, 0.05) is 29.0 Å².